The van der Waals surface area contributed by atoms with Gasteiger partial charge in [-0.15, -0.1) is 6.58 Å². The van der Waals surface area contributed by atoms with Crippen LogP contribution in [0.3, 0.4) is 0 Å². The number of anilines is 1. The van der Waals surface area contributed by atoms with Gasteiger partial charge in [0.25, 0.3) is 0 Å². The molecule has 0 saturated carbocycles. The smallest absolute Gasteiger partial charge is 0.329 e. The van der Waals surface area contributed by atoms with Crippen molar-refractivity contribution in [2.24, 2.45) is 0 Å². The molecule has 1 aromatic rings. The van der Waals surface area contributed by atoms with Gasteiger partial charge < -0.3 is 19.5 Å². The van der Waals surface area contributed by atoms with Gasteiger partial charge in [-0.25, -0.2) is 0 Å². The standard InChI is InChI=1S/C15H26N4O5.C3H6/c1-5-8-11(4)24-15-16-9-12(19(21)22)14(17-15)18(6-2)10-13(20)23-7-3;1-3-2/h9,11,13,20H,5-8,10H2,1-4H3;3H,1H2,2H3. The number of aromatic nitrogens is 2. The summed E-state index contributed by atoms with van der Waals surface area (Å²) in [5.41, 5.74) is -0.240. The normalized spacial score (nSPS) is 12.4. The first-order chi connectivity index (χ1) is 12.8. The number of hydrogen-bond acceptors (Lipinski definition) is 8. The fourth-order valence-corrected chi connectivity index (χ4v) is 2.21. The van der Waals surface area contributed by atoms with Crippen molar-refractivity contribution >= 4 is 11.5 Å². The van der Waals surface area contributed by atoms with Crippen LogP contribution in [0.15, 0.2) is 18.9 Å². The summed E-state index contributed by atoms with van der Waals surface area (Å²) in [7, 11) is 0. The minimum atomic E-state index is -1.06. The molecule has 0 radical (unpaired) electrons. The first-order valence-corrected chi connectivity index (χ1v) is 9.14. The van der Waals surface area contributed by atoms with E-state index in [1.165, 1.54) is 0 Å². The Morgan fingerprint density at radius 3 is 2.56 bits per heavy atom. The van der Waals surface area contributed by atoms with Gasteiger partial charge in [0.15, 0.2) is 6.29 Å². The Morgan fingerprint density at radius 1 is 1.44 bits per heavy atom. The predicted octanol–water partition coefficient (Wildman–Crippen LogP) is 3.33. The van der Waals surface area contributed by atoms with E-state index in [0.29, 0.717) is 13.2 Å². The van der Waals surface area contributed by atoms with Crippen molar-refractivity contribution in [1.29, 1.82) is 0 Å². The summed E-state index contributed by atoms with van der Waals surface area (Å²) >= 11 is 0. The highest BCUT2D eigenvalue weighted by Crippen LogP contribution is 2.27. The summed E-state index contributed by atoms with van der Waals surface area (Å²) in [5.74, 6) is 0.106. The van der Waals surface area contributed by atoms with Gasteiger partial charge in [0, 0.05) is 13.2 Å². The van der Waals surface area contributed by atoms with Crippen LogP contribution in [0.1, 0.15) is 47.5 Å². The van der Waals surface area contributed by atoms with Crippen molar-refractivity contribution in [3.8, 4) is 6.01 Å². The molecule has 0 aromatic carbocycles. The topological polar surface area (TPSA) is 111 Å². The lowest BCUT2D eigenvalue weighted by molar-refractivity contribution is -0.384. The van der Waals surface area contributed by atoms with E-state index in [-0.39, 0.29) is 30.2 Å². The number of aliphatic hydroxyl groups is 1. The molecule has 1 rings (SSSR count). The van der Waals surface area contributed by atoms with Crippen LogP contribution in [-0.4, -0.2) is 52.1 Å². The Kier molecular flexibility index (Phi) is 12.7. The summed E-state index contributed by atoms with van der Waals surface area (Å²) in [6, 6.07) is 0.0842. The molecule has 0 bridgehead atoms. The van der Waals surface area contributed by atoms with Gasteiger partial charge in [-0.3, -0.25) is 10.1 Å². The molecule has 2 unspecified atom stereocenters. The molecule has 27 heavy (non-hydrogen) atoms. The number of hydrogen-bond donors (Lipinski definition) is 1. The number of aliphatic hydroxyl groups excluding tert-OH is 1. The fraction of sp³-hybridized carbons (Fsp3) is 0.667. The zero-order chi connectivity index (χ0) is 20.8. The van der Waals surface area contributed by atoms with E-state index in [4.69, 9.17) is 9.47 Å². The van der Waals surface area contributed by atoms with Crippen LogP contribution in [0, 0.1) is 10.1 Å². The molecule has 0 saturated heterocycles. The predicted molar refractivity (Wildman–Crippen MR) is 105 cm³/mol. The third-order valence-electron chi connectivity index (χ3n) is 3.34. The highest BCUT2D eigenvalue weighted by molar-refractivity contribution is 5.57. The van der Waals surface area contributed by atoms with Crippen LogP contribution >= 0.6 is 0 Å². The van der Waals surface area contributed by atoms with Gasteiger partial charge >= 0.3 is 11.7 Å². The van der Waals surface area contributed by atoms with Gasteiger partial charge in [0.2, 0.25) is 5.82 Å². The number of nitrogens with zero attached hydrogens (tertiary/aromatic N) is 4. The number of likely N-dealkylation sites (N-methyl/N-ethyl adjacent to an activating group) is 1. The fourth-order valence-electron chi connectivity index (χ4n) is 2.21. The third-order valence-corrected chi connectivity index (χ3v) is 3.34. The van der Waals surface area contributed by atoms with Crippen LogP contribution in [0.5, 0.6) is 6.01 Å². The molecular weight excluding hydrogens is 352 g/mol. The second-order valence-electron chi connectivity index (χ2n) is 5.69. The largest absolute Gasteiger partial charge is 0.460 e. The van der Waals surface area contributed by atoms with Gasteiger partial charge in [0.05, 0.1) is 17.6 Å². The van der Waals surface area contributed by atoms with Gasteiger partial charge in [0.1, 0.15) is 6.20 Å². The summed E-state index contributed by atoms with van der Waals surface area (Å²) in [4.78, 5) is 20.4. The third kappa shape index (κ3) is 9.30. The van der Waals surface area contributed by atoms with Crippen LogP contribution in [-0.2, 0) is 4.74 Å². The van der Waals surface area contributed by atoms with Crippen molar-refractivity contribution in [3.63, 3.8) is 0 Å². The molecule has 1 aromatic heterocycles. The van der Waals surface area contributed by atoms with E-state index >= 15 is 0 Å². The van der Waals surface area contributed by atoms with E-state index in [2.05, 4.69) is 16.5 Å². The maximum atomic E-state index is 11.3. The van der Waals surface area contributed by atoms with Gasteiger partial charge in [-0.2, -0.15) is 9.97 Å². The van der Waals surface area contributed by atoms with E-state index in [1.807, 2.05) is 27.7 Å². The lowest BCUT2D eigenvalue weighted by atomic mass is 10.2. The van der Waals surface area contributed by atoms with Crippen molar-refractivity contribution in [2.45, 2.75) is 59.9 Å². The molecule has 9 nitrogen and oxygen atoms in total. The van der Waals surface area contributed by atoms with Crippen molar-refractivity contribution in [2.75, 3.05) is 24.6 Å². The van der Waals surface area contributed by atoms with E-state index in [0.717, 1.165) is 19.0 Å². The second kappa shape index (κ2) is 13.9. The van der Waals surface area contributed by atoms with Crippen LogP contribution in [0.4, 0.5) is 11.5 Å². The molecule has 0 spiro atoms. The molecule has 0 aliphatic carbocycles. The van der Waals surface area contributed by atoms with E-state index in [1.54, 1.807) is 17.9 Å². The minimum absolute atomic E-state index is 0.0617. The van der Waals surface area contributed by atoms with Gasteiger partial charge in [-0.05, 0) is 34.1 Å². The Morgan fingerprint density at radius 2 is 2.07 bits per heavy atom. The number of allylic oxidation sites excluding steroid dienone is 1. The van der Waals surface area contributed by atoms with Crippen LogP contribution in [0.25, 0.3) is 0 Å². The molecule has 0 aliphatic rings. The zero-order valence-corrected chi connectivity index (χ0v) is 16.9. The molecule has 2 atom stereocenters. The first kappa shape index (κ1) is 24.7. The summed E-state index contributed by atoms with van der Waals surface area (Å²) in [5, 5.41) is 21.1. The Hall–Kier alpha value is -2.26. The number of rotatable bonds is 11. The summed E-state index contributed by atoms with van der Waals surface area (Å²) < 4.78 is 10.7. The average Bonchev–Trinajstić information content (AvgIpc) is 2.60. The van der Waals surface area contributed by atoms with Crippen LogP contribution < -0.4 is 9.64 Å². The highest BCUT2D eigenvalue weighted by Gasteiger charge is 2.24. The molecule has 0 amide bonds. The van der Waals surface area contributed by atoms with E-state index < -0.39 is 11.2 Å². The quantitative estimate of drug-likeness (QED) is 0.268. The average molecular weight is 384 g/mol. The SMILES string of the molecule is C=CC.CCCC(C)Oc1ncc([N+](=O)[O-])c(N(CC)CC(O)OCC)n1. The van der Waals surface area contributed by atoms with Crippen LogP contribution in [0.2, 0.25) is 0 Å². The minimum Gasteiger partial charge on any atom is -0.460 e. The monoisotopic (exact) mass is 384 g/mol. The maximum Gasteiger partial charge on any atom is 0.329 e. The van der Waals surface area contributed by atoms with E-state index in [9.17, 15) is 15.2 Å². The Bertz CT molecular complexity index is 571. The zero-order valence-electron chi connectivity index (χ0n) is 16.9. The molecule has 1 heterocycles. The molecule has 0 aliphatic heterocycles. The molecule has 154 valence electrons. The van der Waals surface area contributed by atoms with Crippen molar-refractivity contribution in [3.05, 3.63) is 29.0 Å². The Labute approximate surface area is 161 Å². The van der Waals surface area contributed by atoms with Gasteiger partial charge in [-0.1, -0.05) is 19.4 Å². The summed E-state index contributed by atoms with van der Waals surface area (Å²) in [6.45, 7) is 13.6. The van der Waals surface area contributed by atoms with Crippen molar-refractivity contribution < 1.29 is 19.5 Å². The summed E-state index contributed by atoms with van der Waals surface area (Å²) in [6.07, 6.45) is 3.51. The highest BCUT2D eigenvalue weighted by atomic mass is 16.6. The first-order valence-electron chi connectivity index (χ1n) is 9.14. The molecule has 9 heteroatoms. The lowest BCUT2D eigenvalue weighted by Gasteiger charge is -2.24. The number of nitro groups is 1. The molecule has 1 N–H and O–H groups in total. The molecular formula is C18H32N4O5. The molecule has 0 fully saturated rings. The lowest BCUT2D eigenvalue weighted by Crippen LogP contribution is -2.35. The Balaban J connectivity index is 0.00000210. The maximum absolute atomic E-state index is 11.3. The number of ether oxygens (including phenoxy) is 2. The second-order valence-corrected chi connectivity index (χ2v) is 5.69. The van der Waals surface area contributed by atoms with Crippen molar-refractivity contribution in [1.82, 2.24) is 9.97 Å².